The number of nitrogens with zero attached hydrogens (tertiary/aromatic N) is 1. The minimum Gasteiger partial charge on any atom is -0.376 e. The van der Waals surface area contributed by atoms with Crippen LogP contribution in [0.4, 0.5) is 18.9 Å². The highest BCUT2D eigenvalue weighted by molar-refractivity contribution is 7.09. The smallest absolute Gasteiger partial charge is 0.376 e. The fourth-order valence-corrected chi connectivity index (χ4v) is 2.42. The summed E-state index contributed by atoms with van der Waals surface area (Å²) in [5, 5.41) is 7.98. The Morgan fingerprint density at radius 2 is 2.14 bits per heavy atom. The second-order valence-corrected chi connectivity index (χ2v) is 5.53. The lowest BCUT2D eigenvalue weighted by Gasteiger charge is -2.10. The molecule has 8 heteroatoms. The minimum absolute atomic E-state index is 0.105. The van der Waals surface area contributed by atoms with Gasteiger partial charge in [0.05, 0.1) is 18.7 Å². The first-order valence-electron chi connectivity index (χ1n) is 6.43. The van der Waals surface area contributed by atoms with E-state index in [9.17, 15) is 18.0 Å². The summed E-state index contributed by atoms with van der Waals surface area (Å²) in [6.45, 7) is 2.06. The third kappa shape index (κ3) is 4.73. The molecule has 22 heavy (non-hydrogen) atoms. The summed E-state index contributed by atoms with van der Waals surface area (Å²) >= 11 is 1.44. The standard InChI is InChI=1S/C14H14F3N3OS/c1-9-8-22-13(20-9)7-19-12(21)6-18-11-4-2-3-10(5-11)14(15,16)17/h2-5,8,18H,6-7H2,1H3,(H,19,21). The van der Waals surface area contributed by atoms with E-state index >= 15 is 0 Å². The summed E-state index contributed by atoms with van der Waals surface area (Å²) in [4.78, 5) is 15.9. The van der Waals surface area contributed by atoms with E-state index in [1.807, 2.05) is 12.3 Å². The quantitative estimate of drug-likeness (QED) is 0.886. The van der Waals surface area contributed by atoms with E-state index in [1.165, 1.54) is 23.5 Å². The van der Waals surface area contributed by atoms with Gasteiger partial charge in [-0.05, 0) is 25.1 Å². The zero-order valence-electron chi connectivity index (χ0n) is 11.7. The molecule has 118 valence electrons. The molecule has 0 radical (unpaired) electrons. The van der Waals surface area contributed by atoms with Gasteiger partial charge < -0.3 is 10.6 Å². The lowest BCUT2D eigenvalue weighted by molar-refractivity contribution is -0.137. The molecule has 0 aliphatic carbocycles. The second-order valence-electron chi connectivity index (χ2n) is 4.59. The molecule has 0 saturated carbocycles. The predicted octanol–water partition coefficient (Wildman–Crippen LogP) is 3.20. The van der Waals surface area contributed by atoms with Gasteiger partial charge in [0, 0.05) is 16.8 Å². The third-order valence-electron chi connectivity index (χ3n) is 2.75. The molecule has 0 saturated heterocycles. The van der Waals surface area contributed by atoms with E-state index in [0.29, 0.717) is 6.54 Å². The lowest BCUT2D eigenvalue weighted by Crippen LogP contribution is -2.29. The maximum atomic E-state index is 12.6. The van der Waals surface area contributed by atoms with E-state index in [2.05, 4.69) is 15.6 Å². The number of benzene rings is 1. The Hall–Kier alpha value is -2.09. The van der Waals surface area contributed by atoms with Crippen LogP contribution >= 0.6 is 11.3 Å². The van der Waals surface area contributed by atoms with Gasteiger partial charge in [-0.15, -0.1) is 11.3 Å². The van der Waals surface area contributed by atoms with Crippen molar-refractivity contribution in [3.63, 3.8) is 0 Å². The van der Waals surface area contributed by atoms with Gasteiger partial charge in [0.15, 0.2) is 0 Å². The highest BCUT2D eigenvalue weighted by atomic mass is 32.1. The van der Waals surface area contributed by atoms with Crippen molar-refractivity contribution in [2.75, 3.05) is 11.9 Å². The van der Waals surface area contributed by atoms with E-state index in [1.54, 1.807) is 0 Å². The van der Waals surface area contributed by atoms with E-state index in [4.69, 9.17) is 0 Å². The Bertz CT molecular complexity index is 655. The number of aromatic nitrogens is 1. The molecular weight excluding hydrogens is 315 g/mol. The fourth-order valence-electron chi connectivity index (χ4n) is 1.71. The second kappa shape index (κ2) is 6.78. The number of aryl methyl sites for hydroxylation is 1. The van der Waals surface area contributed by atoms with Crippen molar-refractivity contribution in [1.29, 1.82) is 0 Å². The van der Waals surface area contributed by atoms with Crippen molar-refractivity contribution in [2.24, 2.45) is 0 Å². The number of halogens is 3. The SMILES string of the molecule is Cc1csc(CNC(=O)CNc2cccc(C(F)(F)F)c2)n1. The first-order valence-corrected chi connectivity index (χ1v) is 7.31. The summed E-state index contributed by atoms with van der Waals surface area (Å²) in [6, 6.07) is 4.72. The van der Waals surface area contributed by atoms with E-state index in [-0.39, 0.29) is 18.1 Å². The van der Waals surface area contributed by atoms with Crippen molar-refractivity contribution in [3.05, 3.63) is 45.9 Å². The summed E-state index contributed by atoms with van der Waals surface area (Å²) in [6.07, 6.45) is -4.40. The van der Waals surface area contributed by atoms with Gasteiger partial charge in [-0.1, -0.05) is 6.07 Å². The van der Waals surface area contributed by atoms with Crippen LogP contribution in [-0.2, 0) is 17.5 Å². The van der Waals surface area contributed by atoms with Crippen LogP contribution in [0.1, 0.15) is 16.3 Å². The molecule has 1 amide bonds. The maximum absolute atomic E-state index is 12.6. The van der Waals surface area contributed by atoms with Gasteiger partial charge >= 0.3 is 6.18 Å². The predicted molar refractivity (Wildman–Crippen MR) is 78.6 cm³/mol. The molecule has 0 atom stereocenters. The van der Waals surface area contributed by atoms with Crippen LogP contribution in [0.5, 0.6) is 0 Å². The maximum Gasteiger partial charge on any atom is 0.416 e. The number of anilines is 1. The number of amides is 1. The molecule has 0 bridgehead atoms. The number of carbonyl (C=O) groups excluding carboxylic acids is 1. The van der Waals surface area contributed by atoms with Crippen LogP contribution in [0, 0.1) is 6.92 Å². The van der Waals surface area contributed by atoms with Crippen LogP contribution in [0.25, 0.3) is 0 Å². The van der Waals surface area contributed by atoms with E-state index in [0.717, 1.165) is 22.8 Å². The number of thiazole rings is 1. The highest BCUT2D eigenvalue weighted by Crippen LogP contribution is 2.30. The fraction of sp³-hybridized carbons (Fsp3) is 0.286. The van der Waals surface area contributed by atoms with E-state index < -0.39 is 11.7 Å². The van der Waals surface area contributed by atoms with Crippen molar-refractivity contribution in [1.82, 2.24) is 10.3 Å². The van der Waals surface area contributed by atoms with Crippen LogP contribution in [0.15, 0.2) is 29.6 Å². The molecule has 1 aromatic carbocycles. The third-order valence-corrected chi connectivity index (χ3v) is 3.71. The molecule has 0 unspecified atom stereocenters. The summed E-state index contributed by atoms with van der Waals surface area (Å²) in [5.41, 5.74) is 0.377. The minimum atomic E-state index is -4.40. The summed E-state index contributed by atoms with van der Waals surface area (Å²) < 4.78 is 37.7. The number of rotatable bonds is 5. The van der Waals surface area contributed by atoms with Crippen molar-refractivity contribution in [3.8, 4) is 0 Å². The van der Waals surface area contributed by atoms with Crippen LogP contribution in [-0.4, -0.2) is 17.4 Å². The van der Waals surface area contributed by atoms with Crippen LogP contribution < -0.4 is 10.6 Å². The Labute approximate surface area is 129 Å². The number of carbonyl (C=O) groups is 1. The zero-order valence-corrected chi connectivity index (χ0v) is 12.5. The normalized spacial score (nSPS) is 11.3. The molecule has 2 N–H and O–H groups in total. The van der Waals surface area contributed by atoms with Gasteiger partial charge in [-0.3, -0.25) is 4.79 Å². The first kappa shape index (κ1) is 16.3. The van der Waals surface area contributed by atoms with Crippen molar-refractivity contribution in [2.45, 2.75) is 19.6 Å². The topological polar surface area (TPSA) is 54.0 Å². The summed E-state index contributed by atoms with van der Waals surface area (Å²) in [5.74, 6) is -0.315. The molecule has 1 aromatic heterocycles. The molecule has 2 rings (SSSR count). The molecule has 0 aliphatic rings. The Balaban J connectivity index is 1.83. The van der Waals surface area contributed by atoms with Crippen molar-refractivity contribution < 1.29 is 18.0 Å². The molecule has 0 spiro atoms. The average molecular weight is 329 g/mol. The largest absolute Gasteiger partial charge is 0.416 e. The molecule has 0 aliphatic heterocycles. The number of hydrogen-bond acceptors (Lipinski definition) is 4. The van der Waals surface area contributed by atoms with Crippen LogP contribution in [0.3, 0.4) is 0 Å². The molecular formula is C14H14F3N3OS. The summed E-state index contributed by atoms with van der Waals surface area (Å²) in [7, 11) is 0. The molecule has 2 aromatic rings. The number of nitrogens with one attached hydrogen (secondary N) is 2. The van der Waals surface area contributed by atoms with Crippen LogP contribution in [0.2, 0.25) is 0 Å². The Kier molecular flexibility index (Phi) is 5.02. The van der Waals surface area contributed by atoms with Gasteiger partial charge in [0.25, 0.3) is 0 Å². The Morgan fingerprint density at radius 3 is 2.77 bits per heavy atom. The zero-order chi connectivity index (χ0) is 16.2. The van der Waals surface area contributed by atoms with Gasteiger partial charge in [0.1, 0.15) is 5.01 Å². The number of hydrogen-bond donors (Lipinski definition) is 2. The van der Waals surface area contributed by atoms with Gasteiger partial charge in [-0.2, -0.15) is 13.2 Å². The monoisotopic (exact) mass is 329 g/mol. The first-order chi connectivity index (χ1) is 10.3. The highest BCUT2D eigenvalue weighted by Gasteiger charge is 2.30. The van der Waals surface area contributed by atoms with Gasteiger partial charge in [0.2, 0.25) is 5.91 Å². The Morgan fingerprint density at radius 1 is 1.36 bits per heavy atom. The van der Waals surface area contributed by atoms with Crippen molar-refractivity contribution >= 4 is 22.9 Å². The number of alkyl halides is 3. The molecule has 0 fully saturated rings. The molecule has 1 heterocycles. The lowest BCUT2D eigenvalue weighted by atomic mass is 10.2. The van der Waals surface area contributed by atoms with Gasteiger partial charge in [-0.25, -0.2) is 4.98 Å². The molecule has 4 nitrogen and oxygen atoms in total. The average Bonchev–Trinajstić information content (AvgIpc) is 2.88.